The molecule has 1 aromatic carbocycles. The summed E-state index contributed by atoms with van der Waals surface area (Å²) >= 11 is 7.25. The molecule has 2 atom stereocenters. The van der Waals surface area contributed by atoms with E-state index < -0.39 is 0 Å². The number of methoxy groups -OCH3 is 1. The summed E-state index contributed by atoms with van der Waals surface area (Å²) in [6, 6.07) is 9.44. The summed E-state index contributed by atoms with van der Waals surface area (Å²) in [4.78, 5) is 36.0. The van der Waals surface area contributed by atoms with E-state index >= 15 is 0 Å². The Kier molecular flexibility index (Phi) is 5.78. The number of nitrogens with zero attached hydrogens (tertiary/aromatic N) is 3. The molecule has 182 valence electrons. The van der Waals surface area contributed by atoms with Crippen LogP contribution in [0.25, 0.3) is 20.4 Å². The average molecular weight is 513 g/mol. The van der Waals surface area contributed by atoms with Crippen molar-refractivity contribution in [2.24, 2.45) is 5.92 Å². The molecule has 4 aromatic rings. The summed E-state index contributed by atoms with van der Waals surface area (Å²) in [5.41, 5.74) is 1.07. The van der Waals surface area contributed by atoms with Crippen molar-refractivity contribution in [2.45, 2.75) is 25.3 Å². The number of likely N-dealkylation sites (tertiary alicyclic amines) is 1. The van der Waals surface area contributed by atoms with Crippen molar-refractivity contribution in [3.63, 3.8) is 0 Å². The van der Waals surface area contributed by atoms with E-state index in [0.717, 1.165) is 56.0 Å². The first-order valence-electron chi connectivity index (χ1n) is 11.8. The fourth-order valence-corrected chi connectivity index (χ4v) is 6.73. The molecule has 0 amide bonds. The SMILES string of the molecule is COc1cccc2c1[C@@H]1CN(CCCCn3c(=O)[nH]c4c(sc5nc(Cl)ccc54)c3=O)C[C@@H]1CO2. The lowest BCUT2D eigenvalue weighted by atomic mass is 9.86. The molecule has 1 saturated heterocycles. The van der Waals surface area contributed by atoms with Crippen LogP contribution >= 0.6 is 22.9 Å². The van der Waals surface area contributed by atoms with Gasteiger partial charge >= 0.3 is 5.69 Å². The third-order valence-electron chi connectivity index (χ3n) is 7.13. The largest absolute Gasteiger partial charge is 0.496 e. The normalized spacial score (nSPS) is 19.6. The van der Waals surface area contributed by atoms with E-state index in [4.69, 9.17) is 21.1 Å². The van der Waals surface area contributed by atoms with Gasteiger partial charge in [0.2, 0.25) is 0 Å². The second-order valence-electron chi connectivity index (χ2n) is 9.20. The molecule has 0 spiro atoms. The van der Waals surface area contributed by atoms with E-state index in [-0.39, 0.29) is 11.2 Å². The van der Waals surface area contributed by atoms with Crippen LogP contribution in [0.1, 0.15) is 24.3 Å². The van der Waals surface area contributed by atoms with Gasteiger partial charge in [0.15, 0.2) is 0 Å². The Morgan fingerprint density at radius 3 is 2.91 bits per heavy atom. The van der Waals surface area contributed by atoms with E-state index in [1.165, 1.54) is 21.5 Å². The zero-order chi connectivity index (χ0) is 24.1. The van der Waals surface area contributed by atoms with Crippen LogP contribution in [0.3, 0.4) is 0 Å². The second-order valence-corrected chi connectivity index (χ2v) is 10.6. The number of halogens is 1. The standard InChI is InChI=1S/C25H25ClN4O4S/c1-33-17-5-4-6-18-20(17)16-12-29(11-14(16)13-34-18)9-2-3-10-30-24(31)22-21(28-25(30)32)15-7-8-19(26)27-23(15)35-22/h4-8,14,16H,2-3,9-13H2,1H3,(H,28,32)/t14-,16-/m1/s1. The Morgan fingerprint density at radius 2 is 2.06 bits per heavy atom. The van der Waals surface area contributed by atoms with E-state index in [2.05, 4.69) is 14.9 Å². The van der Waals surface area contributed by atoms with Crippen molar-refractivity contribution in [1.82, 2.24) is 19.4 Å². The first kappa shape index (κ1) is 22.6. The Hall–Kier alpha value is -2.88. The van der Waals surface area contributed by atoms with E-state index in [9.17, 15) is 9.59 Å². The molecular formula is C25H25ClN4O4S. The fraction of sp³-hybridized carbons (Fsp3) is 0.400. The predicted octanol–water partition coefficient (Wildman–Crippen LogP) is 3.85. The summed E-state index contributed by atoms with van der Waals surface area (Å²) in [7, 11) is 1.71. The average Bonchev–Trinajstić information content (AvgIpc) is 3.43. The smallest absolute Gasteiger partial charge is 0.328 e. The minimum Gasteiger partial charge on any atom is -0.496 e. The van der Waals surface area contributed by atoms with Gasteiger partial charge in [0, 0.05) is 42.4 Å². The molecule has 6 rings (SSSR count). The lowest BCUT2D eigenvalue weighted by molar-refractivity contribution is 0.209. The van der Waals surface area contributed by atoms with Gasteiger partial charge in [0.05, 0.1) is 19.2 Å². The molecule has 0 radical (unpaired) electrons. The maximum atomic E-state index is 13.1. The minimum absolute atomic E-state index is 0.268. The van der Waals surface area contributed by atoms with E-state index in [0.29, 0.717) is 38.6 Å². The van der Waals surface area contributed by atoms with Crippen LogP contribution in [0.2, 0.25) is 5.15 Å². The van der Waals surface area contributed by atoms with Crippen molar-refractivity contribution in [3.05, 3.63) is 61.9 Å². The number of pyridine rings is 1. The molecule has 1 N–H and O–H groups in total. The monoisotopic (exact) mass is 512 g/mol. The highest BCUT2D eigenvalue weighted by Gasteiger charge is 2.40. The summed E-state index contributed by atoms with van der Waals surface area (Å²) in [6.07, 6.45) is 1.64. The Labute approximate surface area is 210 Å². The van der Waals surface area contributed by atoms with Crippen LogP contribution in [0.15, 0.2) is 39.9 Å². The molecule has 0 aliphatic carbocycles. The van der Waals surface area contributed by atoms with Gasteiger partial charge in [0.25, 0.3) is 5.56 Å². The lowest BCUT2D eigenvalue weighted by Crippen LogP contribution is -2.34. The van der Waals surface area contributed by atoms with Crippen molar-refractivity contribution >= 4 is 43.4 Å². The number of benzene rings is 1. The fourth-order valence-electron chi connectivity index (χ4n) is 5.46. The number of hydrogen-bond donors (Lipinski definition) is 1. The van der Waals surface area contributed by atoms with Crippen LogP contribution in [-0.2, 0) is 6.54 Å². The number of ether oxygens (including phenoxy) is 2. The molecule has 2 aliphatic heterocycles. The first-order chi connectivity index (χ1) is 17.0. The van der Waals surface area contributed by atoms with Crippen LogP contribution in [0.5, 0.6) is 11.5 Å². The van der Waals surface area contributed by atoms with Crippen molar-refractivity contribution < 1.29 is 9.47 Å². The number of fused-ring (bicyclic) bond motifs is 6. The van der Waals surface area contributed by atoms with E-state index in [1.807, 2.05) is 18.2 Å². The molecule has 10 heteroatoms. The Balaban J connectivity index is 1.13. The highest BCUT2D eigenvalue weighted by atomic mass is 35.5. The predicted molar refractivity (Wildman–Crippen MR) is 137 cm³/mol. The summed E-state index contributed by atoms with van der Waals surface area (Å²) in [5.74, 6) is 2.67. The molecule has 3 aromatic heterocycles. The number of unbranched alkanes of at least 4 members (excludes halogenated alkanes) is 1. The van der Waals surface area contributed by atoms with Crippen molar-refractivity contribution in [3.8, 4) is 11.5 Å². The maximum absolute atomic E-state index is 13.1. The molecule has 1 fully saturated rings. The van der Waals surface area contributed by atoms with Crippen LogP contribution in [0.4, 0.5) is 0 Å². The van der Waals surface area contributed by atoms with Crippen molar-refractivity contribution in [1.29, 1.82) is 0 Å². The quantitative estimate of drug-likeness (QED) is 0.312. The van der Waals surface area contributed by atoms with Crippen LogP contribution in [-0.4, -0.2) is 52.8 Å². The van der Waals surface area contributed by atoms with E-state index in [1.54, 1.807) is 19.2 Å². The third kappa shape index (κ3) is 3.91. The second kappa shape index (κ2) is 8.96. The molecule has 2 aliphatic rings. The lowest BCUT2D eigenvalue weighted by Gasteiger charge is -2.29. The van der Waals surface area contributed by atoms with Gasteiger partial charge in [-0.2, -0.15) is 0 Å². The summed E-state index contributed by atoms with van der Waals surface area (Å²) in [6.45, 7) is 3.96. The number of aromatic nitrogens is 3. The van der Waals surface area contributed by atoms with Gasteiger partial charge < -0.3 is 19.4 Å². The third-order valence-corrected chi connectivity index (χ3v) is 8.43. The van der Waals surface area contributed by atoms with Gasteiger partial charge in [-0.15, -0.1) is 11.3 Å². The number of rotatable bonds is 6. The zero-order valence-electron chi connectivity index (χ0n) is 19.3. The minimum atomic E-state index is -0.384. The Bertz CT molecular complexity index is 1530. The number of aromatic amines is 1. The number of nitrogens with one attached hydrogen (secondary N) is 1. The van der Waals surface area contributed by atoms with Crippen LogP contribution in [0, 0.1) is 5.92 Å². The summed E-state index contributed by atoms with van der Waals surface area (Å²) < 4.78 is 13.4. The number of H-pyrrole nitrogens is 1. The highest BCUT2D eigenvalue weighted by molar-refractivity contribution is 7.25. The van der Waals surface area contributed by atoms with Gasteiger partial charge in [-0.25, -0.2) is 9.78 Å². The molecule has 0 bridgehead atoms. The first-order valence-corrected chi connectivity index (χ1v) is 13.0. The van der Waals surface area contributed by atoms with Crippen LogP contribution < -0.4 is 20.7 Å². The van der Waals surface area contributed by atoms with Gasteiger partial charge in [-0.05, 0) is 43.7 Å². The van der Waals surface area contributed by atoms with Crippen molar-refractivity contribution in [2.75, 3.05) is 33.4 Å². The molecule has 0 saturated carbocycles. The highest BCUT2D eigenvalue weighted by Crippen LogP contribution is 2.46. The Morgan fingerprint density at radius 1 is 1.20 bits per heavy atom. The topological polar surface area (TPSA) is 89.5 Å². The number of thiophene rings is 1. The maximum Gasteiger partial charge on any atom is 0.328 e. The van der Waals surface area contributed by atoms with Gasteiger partial charge in [-0.1, -0.05) is 17.7 Å². The molecule has 0 unspecified atom stereocenters. The van der Waals surface area contributed by atoms with Gasteiger partial charge in [-0.3, -0.25) is 9.36 Å². The molecule has 5 heterocycles. The summed E-state index contributed by atoms with van der Waals surface area (Å²) in [5, 5.41) is 1.11. The zero-order valence-corrected chi connectivity index (χ0v) is 20.8. The molecule has 8 nitrogen and oxygen atoms in total. The molecular weight excluding hydrogens is 488 g/mol. The van der Waals surface area contributed by atoms with Gasteiger partial charge in [0.1, 0.15) is 26.2 Å². The number of hydrogen-bond acceptors (Lipinski definition) is 7. The molecule has 35 heavy (non-hydrogen) atoms.